The van der Waals surface area contributed by atoms with E-state index in [4.69, 9.17) is 21.7 Å². The molecule has 104 valence electrons. The number of hydrogen-bond acceptors (Lipinski definition) is 5. The zero-order chi connectivity index (χ0) is 14.8. The average Bonchev–Trinajstić information content (AvgIpc) is 2.23. The van der Waals surface area contributed by atoms with Gasteiger partial charge in [-0.05, 0) is 29.5 Å². The predicted molar refractivity (Wildman–Crippen MR) is 64.0 cm³/mol. The smallest absolute Gasteiger partial charge is 0.326 e. The van der Waals surface area contributed by atoms with Gasteiger partial charge in [0.1, 0.15) is 4.90 Å². The Labute approximate surface area is 115 Å². The fourth-order valence-corrected chi connectivity index (χ4v) is 3.91. The molecule has 1 aromatic rings. The molecule has 0 unspecified atom stereocenters. The van der Waals surface area contributed by atoms with Crippen LogP contribution in [0.15, 0.2) is 21.9 Å². The summed E-state index contributed by atoms with van der Waals surface area (Å²) in [5.41, 5.74) is 0.302. The van der Waals surface area contributed by atoms with Gasteiger partial charge in [0.25, 0.3) is 9.05 Å². The fraction of sp³-hybridized carbons (Fsp3) is 0.222. The van der Waals surface area contributed by atoms with Gasteiger partial charge in [-0.3, -0.25) is 0 Å². The Morgan fingerprint density at radius 3 is 2.37 bits per heavy atom. The summed E-state index contributed by atoms with van der Waals surface area (Å²) in [6.07, 6.45) is 0. The van der Waals surface area contributed by atoms with Crippen molar-refractivity contribution in [1.82, 2.24) is 0 Å². The van der Waals surface area contributed by atoms with Crippen LogP contribution in [-0.4, -0.2) is 13.9 Å². The maximum absolute atomic E-state index is 12.4. The molecule has 0 spiro atoms. The summed E-state index contributed by atoms with van der Waals surface area (Å²) in [6.45, 7) is -0.359. The third kappa shape index (κ3) is 4.28. The molecular weight excluding hydrogens is 325 g/mol. The molecule has 1 aromatic carbocycles. The van der Waals surface area contributed by atoms with E-state index in [1.807, 2.05) is 0 Å². The molecule has 0 fully saturated rings. The van der Waals surface area contributed by atoms with Gasteiger partial charge in [-0.15, -0.1) is 0 Å². The predicted octanol–water partition coefficient (Wildman–Crippen LogP) is 2.56. The number of hydrogen-bond donors (Lipinski definition) is 1. The summed E-state index contributed by atoms with van der Waals surface area (Å²) >= 11 is -0.657. The van der Waals surface area contributed by atoms with Crippen LogP contribution in [0.3, 0.4) is 0 Å². The third-order valence-corrected chi connectivity index (χ3v) is 4.29. The number of nitrogens with zero attached hydrogens (tertiary/aromatic N) is 1. The van der Waals surface area contributed by atoms with Crippen LogP contribution in [0.5, 0.6) is 0 Å². The summed E-state index contributed by atoms with van der Waals surface area (Å²) in [5.74, 6) is 0. The van der Waals surface area contributed by atoms with Crippen molar-refractivity contribution in [1.29, 1.82) is 5.26 Å². The van der Waals surface area contributed by atoms with E-state index in [0.717, 1.165) is 12.1 Å². The van der Waals surface area contributed by atoms with Gasteiger partial charge < -0.3 is 5.73 Å². The lowest BCUT2D eigenvalue weighted by Gasteiger charge is -2.13. The first-order valence-electron chi connectivity index (χ1n) is 4.56. The highest BCUT2D eigenvalue weighted by Crippen LogP contribution is 2.42. The van der Waals surface area contributed by atoms with Gasteiger partial charge in [0.15, 0.2) is 0 Å². The highest BCUT2D eigenvalue weighted by molar-refractivity contribution is 8.14. The Kier molecular flexibility index (Phi) is 4.73. The third-order valence-electron chi connectivity index (χ3n) is 1.95. The van der Waals surface area contributed by atoms with E-state index >= 15 is 0 Å². The lowest BCUT2D eigenvalue weighted by molar-refractivity contribution is -0.0328. The summed E-state index contributed by atoms with van der Waals surface area (Å²) in [6, 6.07) is 3.54. The molecule has 0 aromatic heterocycles. The van der Waals surface area contributed by atoms with Gasteiger partial charge in [-0.2, -0.15) is 18.4 Å². The molecule has 0 saturated heterocycles. The van der Waals surface area contributed by atoms with Crippen LogP contribution < -0.4 is 5.73 Å². The molecule has 0 aliphatic rings. The molecule has 2 N–H and O–H groups in total. The Morgan fingerprint density at radius 1 is 1.42 bits per heavy atom. The monoisotopic (exact) mass is 330 g/mol. The van der Waals surface area contributed by atoms with Crippen LogP contribution >= 0.6 is 22.4 Å². The standard InChI is InChI=1S/C9H6ClF3N2O2S2/c10-19(16,17)8-6(4-15)1-5(3-14)2-7(8)18-9(11,12)13/h1-2H,4,15H2. The van der Waals surface area contributed by atoms with Crippen molar-refractivity contribution in [2.75, 3.05) is 0 Å². The van der Waals surface area contributed by atoms with Crippen molar-refractivity contribution in [2.24, 2.45) is 5.73 Å². The molecule has 0 radical (unpaired) electrons. The lowest BCUT2D eigenvalue weighted by atomic mass is 10.1. The molecule has 19 heavy (non-hydrogen) atoms. The topological polar surface area (TPSA) is 83.9 Å². The minimum Gasteiger partial charge on any atom is -0.326 e. The number of thioether (sulfide) groups is 1. The second-order valence-electron chi connectivity index (χ2n) is 3.26. The number of benzene rings is 1. The second-order valence-corrected chi connectivity index (χ2v) is 6.87. The van der Waals surface area contributed by atoms with Crippen molar-refractivity contribution < 1.29 is 21.6 Å². The molecule has 0 heterocycles. The Balaban J connectivity index is 3.62. The number of alkyl halides is 3. The molecule has 1 rings (SSSR count). The summed E-state index contributed by atoms with van der Waals surface area (Å²) in [5, 5.41) is 8.71. The number of nitriles is 1. The molecule has 0 atom stereocenters. The van der Waals surface area contributed by atoms with E-state index < -0.39 is 36.1 Å². The van der Waals surface area contributed by atoms with Gasteiger partial charge in [-0.1, -0.05) is 0 Å². The average molecular weight is 331 g/mol. The second kappa shape index (κ2) is 5.58. The maximum atomic E-state index is 12.4. The highest BCUT2D eigenvalue weighted by Gasteiger charge is 2.33. The molecule has 0 bridgehead atoms. The molecule has 4 nitrogen and oxygen atoms in total. The van der Waals surface area contributed by atoms with Crippen LogP contribution in [0.1, 0.15) is 11.1 Å². The van der Waals surface area contributed by atoms with Crippen molar-refractivity contribution >= 4 is 31.5 Å². The normalized spacial score (nSPS) is 12.2. The first-order chi connectivity index (χ1) is 8.58. The lowest BCUT2D eigenvalue weighted by Crippen LogP contribution is -2.09. The fourth-order valence-electron chi connectivity index (χ4n) is 1.35. The van der Waals surface area contributed by atoms with Crippen LogP contribution in [0.4, 0.5) is 13.2 Å². The first kappa shape index (κ1) is 16.1. The Bertz CT molecular complexity index is 638. The van der Waals surface area contributed by atoms with E-state index in [1.165, 1.54) is 0 Å². The highest BCUT2D eigenvalue weighted by atomic mass is 35.7. The van der Waals surface area contributed by atoms with Crippen LogP contribution in [-0.2, 0) is 15.6 Å². The minimum absolute atomic E-state index is 0.128. The number of nitrogens with two attached hydrogens (primary N) is 1. The molecule has 0 aliphatic heterocycles. The summed E-state index contributed by atoms with van der Waals surface area (Å²) in [4.78, 5) is -1.38. The van der Waals surface area contributed by atoms with E-state index in [1.54, 1.807) is 6.07 Å². The zero-order valence-corrected chi connectivity index (χ0v) is 11.4. The quantitative estimate of drug-likeness (QED) is 0.680. The van der Waals surface area contributed by atoms with Crippen molar-refractivity contribution in [2.45, 2.75) is 21.8 Å². The van der Waals surface area contributed by atoms with Crippen LogP contribution in [0, 0.1) is 11.3 Å². The van der Waals surface area contributed by atoms with Crippen molar-refractivity contribution in [3.05, 3.63) is 23.3 Å². The van der Waals surface area contributed by atoms with E-state index in [0.29, 0.717) is 0 Å². The Hall–Kier alpha value is -0.950. The van der Waals surface area contributed by atoms with Gasteiger partial charge in [0, 0.05) is 22.1 Å². The first-order valence-corrected chi connectivity index (χ1v) is 7.68. The van der Waals surface area contributed by atoms with Crippen LogP contribution in [0.25, 0.3) is 0 Å². The van der Waals surface area contributed by atoms with Gasteiger partial charge in [0.2, 0.25) is 0 Å². The molecule has 10 heteroatoms. The maximum Gasteiger partial charge on any atom is 0.446 e. The van der Waals surface area contributed by atoms with E-state index in [2.05, 4.69) is 0 Å². The van der Waals surface area contributed by atoms with Gasteiger partial charge in [0.05, 0.1) is 11.6 Å². The van der Waals surface area contributed by atoms with Gasteiger partial charge in [-0.25, -0.2) is 8.42 Å². The summed E-state index contributed by atoms with van der Waals surface area (Å²) in [7, 11) is 0.713. The minimum atomic E-state index is -4.71. The number of rotatable bonds is 3. The van der Waals surface area contributed by atoms with Crippen LogP contribution in [0.2, 0.25) is 0 Å². The van der Waals surface area contributed by atoms with E-state index in [-0.39, 0.29) is 17.7 Å². The Morgan fingerprint density at radius 2 is 2.00 bits per heavy atom. The van der Waals surface area contributed by atoms with Crippen molar-refractivity contribution in [3.8, 4) is 6.07 Å². The molecule has 0 saturated carbocycles. The molecule has 0 aliphatic carbocycles. The van der Waals surface area contributed by atoms with Crippen molar-refractivity contribution in [3.63, 3.8) is 0 Å². The molecule has 0 amide bonds. The molecular formula is C9H6ClF3N2O2S2. The summed E-state index contributed by atoms with van der Waals surface area (Å²) < 4.78 is 59.9. The number of halogens is 4. The zero-order valence-electron chi connectivity index (χ0n) is 9.03. The largest absolute Gasteiger partial charge is 0.446 e. The van der Waals surface area contributed by atoms with E-state index in [9.17, 15) is 21.6 Å². The SMILES string of the molecule is N#Cc1cc(CN)c(S(=O)(=O)Cl)c(SC(F)(F)F)c1. The van der Waals surface area contributed by atoms with Gasteiger partial charge >= 0.3 is 5.51 Å².